The molecule has 0 radical (unpaired) electrons. The maximum absolute atomic E-state index is 13.3. The molecule has 2 unspecified atom stereocenters. The molecule has 0 aliphatic rings. The number of benzene rings is 2. The van der Waals surface area contributed by atoms with Gasteiger partial charge in [-0.25, -0.2) is 0 Å². The Morgan fingerprint density at radius 3 is 2.20 bits per heavy atom. The Hall–Kier alpha value is -3.71. The second kappa shape index (κ2) is 17.9. The average Bonchev–Trinajstić information content (AvgIpc) is 2.96. The highest BCUT2D eigenvalue weighted by atomic mass is 16.5. The van der Waals surface area contributed by atoms with E-state index in [0.29, 0.717) is 25.8 Å². The van der Waals surface area contributed by atoms with Gasteiger partial charge in [0.15, 0.2) is 0 Å². The monoisotopic (exact) mass is 562 g/mol. The van der Waals surface area contributed by atoms with Gasteiger partial charge in [-0.2, -0.15) is 0 Å². The summed E-state index contributed by atoms with van der Waals surface area (Å²) in [4.78, 5) is 41.1. The minimum absolute atomic E-state index is 0.00369. The largest absolute Gasteiger partial charge is 0.463 e. The maximum Gasteiger partial charge on any atom is 0.309 e. The fourth-order valence-electron chi connectivity index (χ4n) is 4.59. The number of esters is 1. The summed E-state index contributed by atoms with van der Waals surface area (Å²) >= 11 is 0. The Balaban J connectivity index is 2.00. The van der Waals surface area contributed by atoms with Gasteiger partial charge in [-0.1, -0.05) is 72.8 Å². The van der Waals surface area contributed by atoms with Crippen LogP contribution in [0.1, 0.15) is 57.1 Å². The highest BCUT2D eigenvalue weighted by Crippen LogP contribution is 2.20. The third kappa shape index (κ3) is 12.6. The van der Waals surface area contributed by atoms with Gasteiger partial charge in [0.25, 0.3) is 0 Å². The van der Waals surface area contributed by atoms with Crippen LogP contribution in [0.2, 0.25) is 0 Å². The number of hydrogen-bond donors (Lipinski definition) is 2. The van der Waals surface area contributed by atoms with E-state index in [4.69, 9.17) is 4.74 Å². The molecule has 0 spiro atoms. The number of rotatable bonds is 19. The Morgan fingerprint density at radius 1 is 0.976 bits per heavy atom. The predicted molar refractivity (Wildman–Crippen MR) is 163 cm³/mol. The topological polar surface area (TPSA) is 95.9 Å². The Morgan fingerprint density at radius 2 is 1.61 bits per heavy atom. The third-order valence-electron chi connectivity index (χ3n) is 6.84. The molecule has 222 valence electrons. The number of nitrogens with one attached hydrogen (secondary N) is 1. The van der Waals surface area contributed by atoms with Crippen LogP contribution < -0.4 is 5.32 Å². The van der Waals surface area contributed by atoms with Gasteiger partial charge in [-0.15, -0.1) is 13.2 Å². The molecule has 41 heavy (non-hydrogen) atoms. The number of allylic oxidation sites excluding steroid dienone is 2. The van der Waals surface area contributed by atoms with Gasteiger partial charge < -0.3 is 20.1 Å². The van der Waals surface area contributed by atoms with E-state index in [9.17, 15) is 19.5 Å². The summed E-state index contributed by atoms with van der Waals surface area (Å²) < 4.78 is 5.73. The molecule has 0 saturated heterocycles. The van der Waals surface area contributed by atoms with Gasteiger partial charge in [0.1, 0.15) is 6.61 Å². The van der Waals surface area contributed by atoms with Crippen LogP contribution in [0.5, 0.6) is 0 Å². The van der Waals surface area contributed by atoms with Crippen LogP contribution in [-0.4, -0.2) is 53.1 Å². The Kier molecular flexibility index (Phi) is 14.6. The Bertz CT molecular complexity index is 1100. The lowest BCUT2D eigenvalue weighted by atomic mass is 9.94. The zero-order valence-corrected chi connectivity index (χ0v) is 24.6. The lowest BCUT2D eigenvalue weighted by Gasteiger charge is -2.30. The standard InChI is InChI=1S/C34H46N2O5/c1-5-7-10-20-30(23-27-16-11-8-12-17-27)33(40)41-26-34(3,4)35-32(39)29(15-6-2)24-31(38)36(21-22-37)25-28-18-13-9-14-19-28/h5-6,8-9,11-14,16-19,29-30,37H,1-2,7,10,15,20-26H2,3-4H3,(H,35,39). The van der Waals surface area contributed by atoms with E-state index in [-0.39, 0.29) is 49.9 Å². The van der Waals surface area contributed by atoms with Crippen LogP contribution in [0.25, 0.3) is 0 Å². The van der Waals surface area contributed by atoms with E-state index in [1.807, 2.05) is 66.7 Å². The molecule has 2 aromatic rings. The number of nitrogens with zero attached hydrogens (tertiary/aromatic N) is 1. The molecular formula is C34H46N2O5. The highest BCUT2D eigenvalue weighted by Gasteiger charge is 2.30. The van der Waals surface area contributed by atoms with Gasteiger partial charge >= 0.3 is 5.97 Å². The van der Waals surface area contributed by atoms with Gasteiger partial charge in [0, 0.05) is 19.5 Å². The van der Waals surface area contributed by atoms with E-state index < -0.39 is 11.5 Å². The van der Waals surface area contributed by atoms with E-state index >= 15 is 0 Å². The number of hydrogen-bond acceptors (Lipinski definition) is 5. The second-order valence-corrected chi connectivity index (χ2v) is 11.0. The molecule has 0 heterocycles. The molecule has 7 nitrogen and oxygen atoms in total. The average molecular weight is 563 g/mol. The van der Waals surface area contributed by atoms with Crippen molar-refractivity contribution < 1.29 is 24.2 Å². The first kappa shape index (κ1) is 33.5. The van der Waals surface area contributed by atoms with Crippen LogP contribution >= 0.6 is 0 Å². The van der Waals surface area contributed by atoms with Gasteiger partial charge in [0.05, 0.1) is 24.0 Å². The second-order valence-electron chi connectivity index (χ2n) is 11.0. The van der Waals surface area contributed by atoms with Gasteiger partial charge in [-0.3, -0.25) is 14.4 Å². The van der Waals surface area contributed by atoms with Crippen molar-refractivity contribution in [2.45, 2.75) is 64.5 Å². The van der Waals surface area contributed by atoms with E-state index in [1.54, 1.807) is 24.8 Å². The summed E-state index contributed by atoms with van der Waals surface area (Å²) in [6.45, 7) is 11.5. The maximum atomic E-state index is 13.3. The van der Waals surface area contributed by atoms with E-state index in [2.05, 4.69) is 18.5 Å². The molecule has 2 aromatic carbocycles. The van der Waals surface area contributed by atoms with E-state index in [1.165, 1.54) is 0 Å². The van der Waals surface area contributed by atoms with Crippen LogP contribution in [0.3, 0.4) is 0 Å². The molecule has 0 saturated carbocycles. The number of unbranched alkanes of at least 4 members (excludes halogenated alkanes) is 1. The first-order valence-corrected chi connectivity index (χ1v) is 14.4. The molecule has 0 aliphatic heterocycles. The summed E-state index contributed by atoms with van der Waals surface area (Å²) in [6.07, 6.45) is 6.69. The van der Waals surface area contributed by atoms with Gasteiger partial charge in [0.2, 0.25) is 11.8 Å². The molecule has 0 fully saturated rings. The van der Waals surface area contributed by atoms with Crippen molar-refractivity contribution in [1.29, 1.82) is 0 Å². The fraction of sp³-hybridized carbons (Fsp3) is 0.441. The lowest BCUT2D eigenvalue weighted by Crippen LogP contribution is -2.50. The molecule has 0 bridgehead atoms. The minimum atomic E-state index is -0.845. The number of carbonyl (C=O) groups excluding carboxylic acids is 3. The summed E-state index contributed by atoms with van der Waals surface area (Å²) in [5.41, 5.74) is 1.17. The number of amides is 2. The number of aliphatic hydroxyl groups is 1. The number of carbonyl (C=O) groups is 3. The normalized spacial score (nSPS) is 12.6. The van der Waals surface area contributed by atoms with Crippen LogP contribution in [0, 0.1) is 11.8 Å². The molecule has 7 heteroatoms. The van der Waals surface area contributed by atoms with Crippen molar-refractivity contribution in [2.75, 3.05) is 19.8 Å². The molecule has 0 aromatic heterocycles. The summed E-state index contributed by atoms with van der Waals surface area (Å²) in [5, 5.41) is 12.5. The predicted octanol–water partition coefficient (Wildman–Crippen LogP) is 5.24. The van der Waals surface area contributed by atoms with E-state index in [0.717, 1.165) is 24.0 Å². The molecule has 2 N–H and O–H groups in total. The van der Waals surface area contributed by atoms with Crippen LogP contribution in [0.4, 0.5) is 0 Å². The number of ether oxygens (including phenoxy) is 1. The van der Waals surface area contributed by atoms with Gasteiger partial charge in [-0.05, 0) is 57.1 Å². The van der Waals surface area contributed by atoms with Crippen molar-refractivity contribution in [2.24, 2.45) is 11.8 Å². The lowest BCUT2D eigenvalue weighted by molar-refractivity contribution is -0.151. The van der Waals surface area contributed by atoms with Crippen LogP contribution in [-0.2, 0) is 32.1 Å². The number of aliphatic hydroxyl groups excluding tert-OH is 1. The third-order valence-corrected chi connectivity index (χ3v) is 6.84. The fourth-order valence-corrected chi connectivity index (χ4v) is 4.59. The summed E-state index contributed by atoms with van der Waals surface area (Å²) in [7, 11) is 0. The smallest absolute Gasteiger partial charge is 0.309 e. The molecule has 2 rings (SSSR count). The molecule has 2 amide bonds. The summed E-state index contributed by atoms with van der Waals surface area (Å²) in [5.74, 6) is -1.76. The van der Waals surface area contributed by atoms with Crippen LogP contribution in [0.15, 0.2) is 86.0 Å². The quantitative estimate of drug-likeness (QED) is 0.139. The van der Waals surface area contributed by atoms with Crippen molar-refractivity contribution >= 4 is 17.8 Å². The molecule has 2 atom stereocenters. The molecule has 0 aliphatic carbocycles. The minimum Gasteiger partial charge on any atom is -0.463 e. The Labute approximate surface area is 245 Å². The zero-order chi connectivity index (χ0) is 30.1. The van der Waals surface area contributed by atoms with Crippen molar-refractivity contribution in [1.82, 2.24) is 10.2 Å². The van der Waals surface area contributed by atoms with Crippen molar-refractivity contribution in [3.63, 3.8) is 0 Å². The van der Waals surface area contributed by atoms with Crippen molar-refractivity contribution in [3.8, 4) is 0 Å². The highest BCUT2D eigenvalue weighted by molar-refractivity contribution is 5.86. The first-order chi connectivity index (χ1) is 19.7. The SMILES string of the molecule is C=CCCCC(Cc1ccccc1)C(=O)OCC(C)(C)NC(=O)C(CC=C)CC(=O)N(CCO)Cc1ccccc1. The molecular weight excluding hydrogens is 516 g/mol. The first-order valence-electron chi connectivity index (χ1n) is 14.4. The van der Waals surface area contributed by atoms with Crippen molar-refractivity contribution in [3.05, 3.63) is 97.1 Å². The zero-order valence-electron chi connectivity index (χ0n) is 24.6. The summed E-state index contributed by atoms with van der Waals surface area (Å²) in [6, 6.07) is 19.4.